The SMILES string of the molecule is Cc1ccc(COc2cccc3c(=O)cc(N4CCOCC4)oc23)cc1. The molecule has 1 aliphatic heterocycles. The van der Waals surface area contributed by atoms with Gasteiger partial charge in [-0.2, -0.15) is 0 Å². The van der Waals surface area contributed by atoms with Crippen molar-refractivity contribution in [1.29, 1.82) is 0 Å². The van der Waals surface area contributed by atoms with E-state index < -0.39 is 0 Å². The van der Waals surface area contributed by atoms with Crippen LogP contribution in [0.1, 0.15) is 11.1 Å². The number of aryl methyl sites for hydroxylation is 1. The molecule has 2 aromatic carbocycles. The van der Waals surface area contributed by atoms with Crippen molar-refractivity contribution in [2.75, 3.05) is 31.2 Å². The first-order valence-corrected chi connectivity index (χ1v) is 8.78. The summed E-state index contributed by atoms with van der Waals surface area (Å²) in [6.45, 7) is 5.16. The molecule has 0 saturated carbocycles. The van der Waals surface area contributed by atoms with Crippen molar-refractivity contribution in [3.05, 3.63) is 69.9 Å². The van der Waals surface area contributed by atoms with Gasteiger partial charge in [0, 0.05) is 19.2 Å². The molecule has 0 atom stereocenters. The Morgan fingerprint density at radius 2 is 1.85 bits per heavy atom. The van der Waals surface area contributed by atoms with Gasteiger partial charge in [0.15, 0.2) is 22.6 Å². The maximum Gasteiger partial charge on any atom is 0.200 e. The van der Waals surface area contributed by atoms with Gasteiger partial charge in [-0.25, -0.2) is 0 Å². The molecule has 1 aliphatic rings. The molecule has 3 aromatic rings. The summed E-state index contributed by atoms with van der Waals surface area (Å²) < 4.78 is 17.4. The van der Waals surface area contributed by atoms with E-state index in [1.165, 1.54) is 5.56 Å². The lowest BCUT2D eigenvalue weighted by Gasteiger charge is -2.27. The summed E-state index contributed by atoms with van der Waals surface area (Å²) in [5.74, 6) is 1.15. The monoisotopic (exact) mass is 351 g/mol. The first kappa shape index (κ1) is 16.7. The second kappa shape index (κ2) is 7.22. The van der Waals surface area contributed by atoms with E-state index in [2.05, 4.69) is 19.1 Å². The van der Waals surface area contributed by atoms with Crippen LogP contribution < -0.4 is 15.1 Å². The number of benzene rings is 2. The normalized spacial score (nSPS) is 14.6. The van der Waals surface area contributed by atoms with Gasteiger partial charge in [-0.15, -0.1) is 0 Å². The summed E-state index contributed by atoms with van der Waals surface area (Å²) >= 11 is 0. The molecular formula is C21H21NO4. The fourth-order valence-corrected chi connectivity index (χ4v) is 3.04. The number of hydrogen-bond acceptors (Lipinski definition) is 5. The second-order valence-corrected chi connectivity index (χ2v) is 6.46. The van der Waals surface area contributed by atoms with E-state index in [1.807, 2.05) is 29.2 Å². The van der Waals surface area contributed by atoms with E-state index in [0.717, 1.165) is 5.56 Å². The average molecular weight is 351 g/mol. The number of para-hydroxylation sites is 1. The van der Waals surface area contributed by atoms with Crippen LogP contribution in [0.2, 0.25) is 0 Å². The van der Waals surface area contributed by atoms with Crippen LogP contribution in [0.5, 0.6) is 5.75 Å². The Morgan fingerprint density at radius 3 is 2.62 bits per heavy atom. The molecule has 2 heterocycles. The molecule has 5 heteroatoms. The van der Waals surface area contributed by atoms with Crippen LogP contribution in [0, 0.1) is 6.92 Å². The summed E-state index contributed by atoms with van der Waals surface area (Å²) in [5, 5.41) is 0.531. The molecule has 0 amide bonds. The Bertz CT molecular complexity index is 956. The van der Waals surface area contributed by atoms with E-state index in [1.54, 1.807) is 12.1 Å². The minimum Gasteiger partial charge on any atom is -0.485 e. The van der Waals surface area contributed by atoms with Crippen molar-refractivity contribution in [1.82, 2.24) is 0 Å². The Labute approximate surface area is 151 Å². The molecule has 0 bridgehead atoms. The molecular weight excluding hydrogens is 330 g/mol. The smallest absolute Gasteiger partial charge is 0.200 e. The lowest BCUT2D eigenvalue weighted by atomic mass is 10.2. The Hall–Kier alpha value is -2.79. The maximum absolute atomic E-state index is 12.5. The molecule has 0 N–H and O–H groups in total. The van der Waals surface area contributed by atoms with Gasteiger partial charge in [0.2, 0.25) is 0 Å². The van der Waals surface area contributed by atoms with Gasteiger partial charge in [0.1, 0.15) is 6.61 Å². The predicted octanol–water partition coefficient (Wildman–Crippen LogP) is 3.52. The zero-order chi connectivity index (χ0) is 17.9. The lowest BCUT2D eigenvalue weighted by molar-refractivity contribution is 0.120. The fraction of sp³-hybridized carbons (Fsp3) is 0.286. The molecule has 1 fully saturated rings. The van der Waals surface area contributed by atoms with Crippen LogP contribution in [-0.2, 0) is 11.3 Å². The van der Waals surface area contributed by atoms with Crippen molar-refractivity contribution in [2.45, 2.75) is 13.5 Å². The zero-order valence-electron chi connectivity index (χ0n) is 14.7. The van der Waals surface area contributed by atoms with E-state index in [9.17, 15) is 4.79 Å². The number of hydrogen-bond donors (Lipinski definition) is 0. The third-order valence-corrected chi connectivity index (χ3v) is 4.54. The van der Waals surface area contributed by atoms with E-state index in [-0.39, 0.29) is 5.43 Å². The van der Waals surface area contributed by atoms with Crippen molar-refractivity contribution in [2.24, 2.45) is 0 Å². The minimum atomic E-state index is -0.0615. The van der Waals surface area contributed by atoms with Gasteiger partial charge >= 0.3 is 0 Å². The van der Waals surface area contributed by atoms with Gasteiger partial charge < -0.3 is 18.8 Å². The molecule has 0 spiro atoms. The quantitative estimate of drug-likeness (QED) is 0.720. The molecule has 26 heavy (non-hydrogen) atoms. The van der Waals surface area contributed by atoms with E-state index in [0.29, 0.717) is 55.5 Å². The van der Waals surface area contributed by atoms with E-state index in [4.69, 9.17) is 13.9 Å². The first-order valence-electron chi connectivity index (χ1n) is 8.78. The molecule has 0 aliphatic carbocycles. The topological polar surface area (TPSA) is 51.9 Å². The molecule has 1 saturated heterocycles. The highest BCUT2D eigenvalue weighted by Crippen LogP contribution is 2.28. The summed E-state index contributed by atoms with van der Waals surface area (Å²) in [5.41, 5.74) is 2.71. The molecule has 134 valence electrons. The summed E-state index contributed by atoms with van der Waals surface area (Å²) in [7, 11) is 0. The van der Waals surface area contributed by atoms with Gasteiger partial charge in [-0.3, -0.25) is 4.79 Å². The Morgan fingerprint density at radius 1 is 1.08 bits per heavy atom. The average Bonchev–Trinajstić information content (AvgIpc) is 2.68. The summed E-state index contributed by atoms with van der Waals surface area (Å²) in [6, 6.07) is 15.2. The van der Waals surface area contributed by atoms with Crippen molar-refractivity contribution in [3.8, 4) is 5.75 Å². The largest absolute Gasteiger partial charge is 0.485 e. The highest BCUT2D eigenvalue weighted by molar-refractivity contribution is 5.83. The molecule has 5 nitrogen and oxygen atoms in total. The Balaban J connectivity index is 1.66. The minimum absolute atomic E-state index is 0.0615. The zero-order valence-corrected chi connectivity index (χ0v) is 14.7. The molecule has 0 radical (unpaired) electrons. The highest BCUT2D eigenvalue weighted by Gasteiger charge is 2.17. The number of rotatable bonds is 4. The Kier molecular flexibility index (Phi) is 4.63. The number of fused-ring (bicyclic) bond motifs is 1. The lowest BCUT2D eigenvalue weighted by Crippen LogP contribution is -2.36. The van der Waals surface area contributed by atoms with Gasteiger partial charge in [0.25, 0.3) is 0 Å². The second-order valence-electron chi connectivity index (χ2n) is 6.46. The number of morpholine rings is 1. The number of anilines is 1. The maximum atomic E-state index is 12.5. The van der Waals surface area contributed by atoms with Crippen LogP contribution in [0.3, 0.4) is 0 Å². The third-order valence-electron chi connectivity index (χ3n) is 4.54. The first-order chi connectivity index (χ1) is 12.7. The van der Waals surface area contributed by atoms with Crippen molar-refractivity contribution >= 4 is 16.9 Å². The predicted molar refractivity (Wildman–Crippen MR) is 101 cm³/mol. The van der Waals surface area contributed by atoms with Crippen molar-refractivity contribution in [3.63, 3.8) is 0 Å². The van der Waals surface area contributed by atoms with Gasteiger partial charge in [-0.05, 0) is 24.6 Å². The number of nitrogens with zero attached hydrogens (tertiary/aromatic N) is 1. The summed E-state index contributed by atoms with van der Waals surface area (Å²) in [6.07, 6.45) is 0. The van der Waals surface area contributed by atoms with Crippen LogP contribution >= 0.6 is 0 Å². The molecule has 0 unspecified atom stereocenters. The molecule has 4 rings (SSSR count). The summed E-state index contributed by atoms with van der Waals surface area (Å²) in [4.78, 5) is 14.6. The van der Waals surface area contributed by atoms with Crippen LogP contribution in [0.4, 0.5) is 5.88 Å². The van der Waals surface area contributed by atoms with Gasteiger partial charge in [0.05, 0.1) is 18.6 Å². The van der Waals surface area contributed by atoms with Crippen molar-refractivity contribution < 1.29 is 13.9 Å². The fourth-order valence-electron chi connectivity index (χ4n) is 3.04. The highest BCUT2D eigenvalue weighted by atomic mass is 16.5. The third kappa shape index (κ3) is 3.44. The van der Waals surface area contributed by atoms with E-state index >= 15 is 0 Å². The van der Waals surface area contributed by atoms with Crippen LogP contribution in [-0.4, -0.2) is 26.3 Å². The van der Waals surface area contributed by atoms with Crippen LogP contribution in [0.15, 0.2) is 57.7 Å². The van der Waals surface area contributed by atoms with Crippen LogP contribution in [0.25, 0.3) is 11.0 Å². The number of ether oxygens (including phenoxy) is 2. The van der Waals surface area contributed by atoms with Gasteiger partial charge in [-0.1, -0.05) is 35.9 Å². The molecule has 1 aromatic heterocycles. The standard InChI is InChI=1S/C21H21NO4/c1-15-5-7-16(8-6-15)14-25-19-4-2-3-17-18(23)13-20(26-21(17)19)22-9-11-24-12-10-22/h2-8,13H,9-12,14H2,1H3.